The van der Waals surface area contributed by atoms with E-state index in [0.29, 0.717) is 0 Å². The molecule has 0 aliphatic heterocycles. The molecule has 4 heteroatoms. The number of nitrogens with zero attached hydrogens (tertiary/aromatic N) is 1. The summed E-state index contributed by atoms with van der Waals surface area (Å²) in [4.78, 5) is 4.59. The highest BCUT2D eigenvalue weighted by atomic mass is 127. The second-order valence-corrected chi connectivity index (χ2v) is 6.21. The van der Waals surface area contributed by atoms with Crippen LogP contribution in [0.2, 0.25) is 0 Å². The zero-order valence-electron chi connectivity index (χ0n) is 11.8. The Labute approximate surface area is 144 Å². The SMILES string of the molecule is Cc1ccc2nc(C)cc(Nc3ccc(I)cc3)c2c1.[Cl-]. The molecule has 3 rings (SSSR count). The van der Waals surface area contributed by atoms with E-state index in [1.165, 1.54) is 9.13 Å². The van der Waals surface area contributed by atoms with E-state index in [-0.39, 0.29) is 12.4 Å². The summed E-state index contributed by atoms with van der Waals surface area (Å²) < 4.78 is 1.24. The molecule has 2 aromatic carbocycles. The van der Waals surface area contributed by atoms with Gasteiger partial charge in [0, 0.05) is 26.0 Å². The first kappa shape index (κ1) is 16.0. The highest BCUT2D eigenvalue weighted by Gasteiger charge is 2.05. The molecule has 0 spiro atoms. The second kappa shape index (κ2) is 6.62. The van der Waals surface area contributed by atoms with E-state index in [0.717, 1.165) is 28.0 Å². The molecule has 1 N–H and O–H groups in total. The Balaban J connectivity index is 0.00000161. The number of pyridine rings is 1. The van der Waals surface area contributed by atoms with E-state index in [1.807, 2.05) is 6.92 Å². The van der Waals surface area contributed by atoms with E-state index in [9.17, 15) is 0 Å². The molecule has 0 saturated carbocycles. The van der Waals surface area contributed by atoms with E-state index in [4.69, 9.17) is 0 Å². The maximum absolute atomic E-state index is 4.59. The Morgan fingerprint density at radius 1 is 0.952 bits per heavy atom. The molecule has 0 aliphatic rings. The van der Waals surface area contributed by atoms with Crippen molar-refractivity contribution >= 4 is 44.9 Å². The minimum absolute atomic E-state index is 0. The summed E-state index contributed by atoms with van der Waals surface area (Å²) in [5.74, 6) is 0. The zero-order valence-corrected chi connectivity index (χ0v) is 14.7. The third kappa shape index (κ3) is 3.66. The highest BCUT2D eigenvalue weighted by Crippen LogP contribution is 2.27. The van der Waals surface area contributed by atoms with Gasteiger partial charge in [-0.2, -0.15) is 0 Å². The van der Waals surface area contributed by atoms with Crippen LogP contribution >= 0.6 is 22.6 Å². The fourth-order valence-electron chi connectivity index (χ4n) is 2.26. The van der Waals surface area contributed by atoms with Crippen LogP contribution in [0, 0.1) is 17.4 Å². The monoisotopic (exact) mass is 409 g/mol. The number of rotatable bonds is 2. The topological polar surface area (TPSA) is 24.9 Å². The van der Waals surface area contributed by atoms with Crippen LogP contribution in [0.4, 0.5) is 11.4 Å². The molecule has 21 heavy (non-hydrogen) atoms. The highest BCUT2D eigenvalue weighted by molar-refractivity contribution is 14.1. The number of anilines is 2. The van der Waals surface area contributed by atoms with Crippen molar-refractivity contribution in [2.45, 2.75) is 13.8 Å². The lowest BCUT2D eigenvalue weighted by molar-refractivity contribution is -0.00000402. The average molecular weight is 410 g/mol. The minimum Gasteiger partial charge on any atom is -1.00 e. The molecular weight excluding hydrogens is 395 g/mol. The minimum atomic E-state index is 0. The van der Waals surface area contributed by atoms with Crippen LogP contribution in [0.1, 0.15) is 11.3 Å². The Hall–Kier alpha value is -1.33. The van der Waals surface area contributed by atoms with Gasteiger partial charge in [0.1, 0.15) is 0 Å². The Morgan fingerprint density at radius 3 is 2.38 bits per heavy atom. The largest absolute Gasteiger partial charge is 1.00 e. The lowest BCUT2D eigenvalue weighted by Gasteiger charge is -2.11. The fourth-order valence-corrected chi connectivity index (χ4v) is 2.62. The lowest BCUT2D eigenvalue weighted by atomic mass is 10.1. The van der Waals surface area contributed by atoms with E-state index >= 15 is 0 Å². The first-order valence-electron chi connectivity index (χ1n) is 6.52. The summed E-state index contributed by atoms with van der Waals surface area (Å²) in [6.07, 6.45) is 0. The van der Waals surface area contributed by atoms with Crippen molar-refractivity contribution < 1.29 is 12.4 Å². The van der Waals surface area contributed by atoms with Crippen LogP contribution in [-0.4, -0.2) is 4.98 Å². The number of fused-ring (bicyclic) bond motifs is 1. The van der Waals surface area contributed by atoms with Crippen LogP contribution in [0.3, 0.4) is 0 Å². The van der Waals surface area contributed by atoms with Gasteiger partial charge in [0.25, 0.3) is 0 Å². The van der Waals surface area contributed by atoms with Crippen LogP contribution in [0.15, 0.2) is 48.5 Å². The summed E-state index contributed by atoms with van der Waals surface area (Å²) in [6.45, 7) is 4.13. The van der Waals surface area contributed by atoms with Gasteiger partial charge in [0.15, 0.2) is 0 Å². The standard InChI is InChI=1S/C17H15IN2.ClH/c1-11-3-8-16-15(9-11)17(10-12(2)19-16)20-14-6-4-13(18)5-7-14;/h3-10H,1-2H3,(H,19,20);1H/p-1. The maximum atomic E-state index is 4.59. The summed E-state index contributed by atoms with van der Waals surface area (Å²) in [7, 11) is 0. The first-order chi connectivity index (χ1) is 9.61. The van der Waals surface area contributed by atoms with Gasteiger partial charge >= 0.3 is 0 Å². The smallest absolute Gasteiger partial charge is 0.0726 e. The summed E-state index contributed by atoms with van der Waals surface area (Å²) in [6, 6.07) is 16.9. The van der Waals surface area contributed by atoms with Gasteiger partial charge in [0.2, 0.25) is 0 Å². The van der Waals surface area contributed by atoms with Crippen molar-refractivity contribution in [3.63, 3.8) is 0 Å². The molecular formula is C17H15ClIN2-. The molecule has 108 valence electrons. The number of nitrogens with one attached hydrogen (secondary N) is 1. The predicted octanol–water partition coefficient (Wildman–Crippen LogP) is 2.20. The van der Waals surface area contributed by atoms with Crippen LogP contribution in [-0.2, 0) is 0 Å². The van der Waals surface area contributed by atoms with Crippen LogP contribution in [0.5, 0.6) is 0 Å². The molecule has 0 amide bonds. The molecule has 0 bridgehead atoms. The zero-order chi connectivity index (χ0) is 14.1. The van der Waals surface area contributed by atoms with Crippen molar-refractivity contribution in [1.82, 2.24) is 4.98 Å². The van der Waals surface area contributed by atoms with E-state index in [2.05, 4.69) is 88.3 Å². The normalized spacial score (nSPS) is 10.2. The molecule has 0 aliphatic carbocycles. The van der Waals surface area contributed by atoms with Gasteiger partial charge in [-0.1, -0.05) is 11.6 Å². The van der Waals surface area contributed by atoms with Crippen molar-refractivity contribution in [3.8, 4) is 0 Å². The lowest BCUT2D eigenvalue weighted by Crippen LogP contribution is -3.00. The van der Waals surface area contributed by atoms with Crippen molar-refractivity contribution in [3.05, 3.63) is 63.4 Å². The molecule has 0 unspecified atom stereocenters. The molecule has 0 fully saturated rings. The fraction of sp³-hybridized carbons (Fsp3) is 0.118. The van der Waals surface area contributed by atoms with Gasteiger partial charge in [0.05, 0.1) is 5.52 Å². The number of hydrogen-bond donors (Lipinski definition) is 1. The molecule has 0 radical (unpaired) electrons. The first-order valence-corrected chi connectivity index (χ1v) is 7.60. The predicted molar refractivity (Wildman–Crippen MR) is 93.7 cm³/mol. The number of aromatic nitrogens is 1. The second-order valence-electron chi connectivity index (χ2n) is 4.96. The molecule has 1 heterocycles. The number of aryl methyl sites for hydroxylation is 2. The van der Waals surface area contributed by atoms with Crippen molar-refractivity contribution in [1.29, 1.82) is 0 Å². The van der Waals surface area contributed by atoms with Crippen molar-refractivity contribution in [2.24, 2.45) is 0 Å². The Morgan fingerprint density at radius 2 is 1.67 bits per heavy atom. The number of halogens is 2. The van der Waals surface area contributed by atoms with Gasteiger partial charge < -0.3 is 17.7 Å². The molecule has 1 aromatic heterocycles. The van der Waals surface area contributed by atoms with E-state index < -0.39 is 0 Å². The third-order valence-electron chi connectivity index (χ3n) is 3.22. The third-order valence-corrected chi connectivity index (χ3v) is 3.93. The van der Waals surface area contributed by atoms with Crippen LogP contribution < -0.4 is 17.7 Å². The Kier molecular flexibility index (Phi) is 5.06. The van der Waals surface area contributed by atoms with Gasteiger partial charge in [-0.15, -0.1) is 0 Å². The molecule has 3 aromatic rings. The van der Waals surface area contributed by atoms with E-state index in [1.54, 1.807) is 0 Å². The van der Waals surface area contributed by atoms with Crippen molar-refractivity contribution in [2.75, 3.05) is 5.32 Å². The molecule has 0 atom stereocenters. The van der Waals surface area contributed by atoms with Crippen LogP contribution in [0.25, 0.3) is 10.9 Å². The van der Waals surface area contributed by atoms with Gasteiger partial charge in [-0.05, 0) is 78.9 Å². The number of benzene rings is 2. The average Bonchev–Trinajstić information content (AvgIpc) is 2.42. The maximum Gasteiger partial charge on any atom is 0.0726 e. The summed E-state index contributed by atoms with van der Waals surface area (Å²) in [5.41, 5.74) is 5.50. The quantitative estimate of drug-likeness (QED) is 0.657. The molecule has 0 saturated heterocycles. The number of hydrogen-bond acceptors (Lipinski definition) is 2. The summed E-state index contributed by atoms with van der Waals surface area (Å²) in [5, 5.41) is 4.66. The van der Waals surface area contributed by atoms with Gasteiger partial charge in [-0.3, -0.25) is 4.98 Å². The van der Waals surface area contributed by atoms with Gasteiger partial charge in [-0.25, -0.2) is 0 Å². The Bertz CT molecular complexity index is 770. The molecule has 2 nitrogen and oxygen atoms in total. The summed E-state index contributed by atoms with van der Waals surface area (Å²) >= 11 is 2.31.